The molecule has 0 unspecified atom stereocenters. The largest absolute Gasteiger partial charge is 0.484 e. The number of rotatable bonds is 4. The first-order chi connectivity index (χ1) is 9.84. The van der Waals surface area contributed by atoms with Gasteiger partial charge < -0.3 is 4.74 Å². The van der Waals surface area contributed by atoms with Crippen LogP contribution in [0.4, 0.5) is 18.3 Å². The zero-order valence-electron chi connectivity index (χ0n) is 10.3. The highest BCUT2D eigenvalue weighted by Gasteiger charge is 2.33. The van der Waals surface area contributed by atoms with Crippen LogP contribution in [0.3, 0.4) is 0 Å². The smallest absolute Gasteiger partial charge is 0.434 e. The lowest BCUT2D eigenvalue weighted by Gasteiger charge is -2.05. The van der Waals surface area contributed by atoms with Crippen LogP contribution in [0.25, 0.3) is 0 Å². The molecule has 112 valence electrons. The van der Waals surface area contributed by atoms with E-state index in [1.807, 2.05) is 12.1 Å². The molecule has 0 aliphatic carbocycles. The molecule has 2 rings (SSSR count). The number of nitrogens with one attached hydrogen (secondary N) is 1. The first-order valence-corrected chi connectivity index (χ1v) is 7.51. The summed E-state index contributed by atoms with van der Waals surface area (Å²) in [4.78, 5) is 14.9. The second-order valence-electron chi connectivity index (χ2n) is 3.83. The van der Waals surface area contributed by atoms with E-state index in [2.05, 4.69) is 32.9 Å². The minimum absolute atomic E-state index is 0.112. The topological polar surface area (TPSA) is 51.2 Å². The number of alkyl halides is 3. The predicted octanol–water partition coefficient (Wildman–Crippen LogP) is 3.78. The number of thiazole rings is 1. The van der Waals surface area contributed by atoms with Gasteiger partial charge in [0.1, 0.15) is 5.75 Å². The Morgan fingerprint density at radius 3 is 2.57 bits per heavy atom. The Kier molecular flexibility index (Phi) is 5.04. The molecule has 4 nitrogen and oxygen atoms in total. The van der Waals surface area contributed by atoms with E-state index in [4.69, 9.17) is 4.74 Å². The van der Waals surface area contributed by atoms with Gasteiger partial charge in [0, 0.05) is 8.95 Å². The lowest BCUT2D eigenvalue weighted by atomic mass is 10.3. The van der Waals surface area contributed by atoms with Crippen LogP contribution in [0.15, 0.2) is 29.6 Å². The molecule has 9 heteroatoms. The summed E-state index contributed by atoms with van der Waals surface area (Å²) in [5.41, 5.74) is -1.03. The molecule has 21 heavy (non-hydrogen) atoms. The SMILES string of the molecule is O=C(COc1ccc(I)cc1)Nc1nc(C(F)(F)F)cs1. The standard InChI is InChI=1S/C12H8F3IN2O2S/c13-12(14,15)9-6-21-11(17-9)18-10(19)5-20-8-3-1-7(16)2-4-8/h1-4,6H,5H2,(H,17,18,19). The van der Waals surface area contributed by atoms with Gasteiger partial charge in [-0.3, -0.25) is 10.1 Å². The van der Waals surface area contributed by atoms with Crippen molar-refractivity contribution in [3.05, 3.63) is 38.9 Å². The van der Waals surface area contributed by atoms with Crippen LogP contribution < -0.4 is 10.1 Å². The molecule has 0 aliphatic heterocycles. The van der Waals surface area contributed by atoms with Crippen molar-refractivity contribution in [2.24, 2.45) is 0 Å². The van der Waals surface area contributed by atoms with Crippen LogP contribution in [0.5, 0.6) is 5.75 Å². The normalized spacial score (nSPS) is 11.2. The van der Waals surface area contributed by atoms with Crippen LogP contribution in [-0.4, -0.2) is 17.5 Å². The Bertz CT molecular complexity index is 628. The highest BCUT2D eigenvalue weighted by molar-refractivity contribution is 14.1. The third-order valence-corrected chi connectivity index (χ3v) is 3.70. The van der Waals surface area contributed by atoms with Gasteiger partial charge in [-0.2, -0.15) is 13.2 Å². The Morgan fingerprint density at radius 1 is 1.33 bits per heavy atom. The number of hydrogen-bond acceptors (Lipinski definition) is 4. The van der Waals surface area contributed by atoms with Crippen molar-refractivity contribution >= 4 is 45.0 Å². The molecule has 0 saturated carbocycles. The maximum atomic E-state index is 12.3. The third kappa shape index (κ3) is 4.84. The molecular weight excluding hydrogens is 420 g/mol. The highest BCUT2D eigenvalue weighted by Crippen LogP contribution is 2.31. The predicted molar refractivity (Wildman–Crippen MR) is 80.4 cm³/mol. The molecule has 0 bridgehead atoms. The quantitative estimate of drug-likeness (QED) is 0.755. The number of ether oxygens (including phenoxy) is 1. The van der Waals surface area contributed by atoms with Crippen LogP contribution in [0.1, 0.15) is 5.69 Å². The molecule has 1 N–H and O–H groups in total. The molecule has 0 saturated heterocycles. The van der Waals surface area contributed by atoms with E-state index in [0.29, 0.717) is 17.1 Å². The second-order valence-corrected chi connectivity index (χ2v) is 5.93. The van der Waals surface area contributed by atoms with Gasteiger partial charge in [-0.25, -0.2) is 4.98 Å². The number of anilines is 1. The fourth-order valence-corrected chi connectivity index (χ4v) is 2.39. The molecular formula is C12H8F3IN2O2S. The molecule has 0 aliphatic rings. The molecule has 1 aromatic heterocycles. The van der Waals surface area contributed by atoms with Crippen LogP contribution in [-0.2, 0) is 11.0 Å². The average molecular weight is 428 g/mol. The van der Waals surface area contributed by atoms with Crippen molar-refractivity contribution in [1.82, 2.24) is 4.98 Å². The minimum atomic E-state index is -4.52. The van der Waals surface area contributed by atoms with Crippen molar-refractivity contribution in [3.8, 4) is 5.75 Å². The van der Waals surface area contributed by atoms with Gasteiger partial charge in [-0.1, -0.05) is 0 Å². The van der Waals surface area contributed by atoms with Crippen LogP contribution >= 0.6 is 33.9 Å². The zero-order valence-corrected chi connectivity index (χ0v) is 13.3. The minimum Gasteiger partial charge on any atom is -0.484 e. The summed E-state index contributed by atoms with van der Waals surface area (Å²) >= 11 is 2.84. The Labute approximate surface area is 135 Å². The van der Waals surface area contributed by atoms with Gasteiger partial charge in [0.15, 0.2) is 17.4 Å². The summed E-state index contributed by atoms with van der Waals surface area (Å²) < 4.78 is 43.3. The zero-order chi connectivity index (χ0) is 15.5. The number of amides is 1. The summed E-state index contributed by atoms with van der Waals surface area (Å²) in [5, 5.41) is 2.99. The van der Waals surface area contributed by atoms with E-state index in [-0.39, 0.29) is 11.7 Å². The average Bonchev–Trinajstić information content (AvgIpc) is 2.86. The van der Waals surface area contributed by atoms with Crippen molar-refractivity contribution in [2.45, 2.75) is 6.18 Å². The molecule has 0 atom stereocenters. The van der Waals surface area contributed by atoms with E-state index >= 15 is 0 Å². The van der Waals surface area contributed by atoms with Gasteiger partial charge in [-0.15, -0.1) is 11.3 Å². The summed E-state index contributed by atoms with van der Waals surface area (Å²) in [7, 11) is 0. The first kappa shape index (κ1) is 16.0. The first-order valence-electron chi connectivity index (χ1n) is 5.55. The van der Waals surface area contributed by atoms with Crippen LogP contribution in [0, 0.1) is 3.57 Å². The molecule has 0 radical (unpaired) electrons. The van der Waals surface area contributed by atoms with Gasteiger partial charge in [0.2, 0.25) is 0 Å². The molecule has 1 heterocycles. The van der Waals surface area contributed by atoms with E-state index in [0.717, 1.165) is 8.95 Å². The Morgan fingerprint density at radius 2 is 2.00 bits per heavy atom. The second kappa shape index (κ2) is 6.60. The Balaban J connectivity index is 1.87. The molecule has 1 aromatic carbocycles. The maximum absolute atomic E-state index is 12.3. The summed E-state index contributed by atoms with van der Waals surface area (Å²) in [6.45, 7) is -0.304. The van der Waals surface area contributed by atoms with Crippen molar-refractivity contribution in [3.63, 3.8) is 0 Å². The van der Waals surface area contributed by atoms with Crippen molar-refractivity contribution in [2.75, 3.05) is 11.9 Å². The number of aromatic nitrogens is 1. The molecule has 2 aromatic rings. The number of carbonyl (C=O) groups is 1. The Hall–Kier alpha value is -1.36. The number of carbonyl (C=O) groups excluding carboxylic acids is 1. The van der Waals surface area contributed by atoms with Gasteiger partial charge in [-0.05, 0) is 46.9 Å². The maximum Gasteiger partial charge on any atom is 0.434 e. The van der Waals surface area contributed by atoms with Crippen LogP contribution in [0.2, 0.25) is 0 Å². The van der Waals surface area contributed by atoms with Crippen molar-refractivity contribution in [1.29, 1.82) is 0 Å². The lowest BCUT2D eigenvalue weighted by Crippen LogP contribution is -2.20. The summed E-state index contributed by atoms with van der Waals surface area (Å²) in [6.07, 6.45) is -4.52. The fraction of sp³-hybridized carbons (Fsp3) is 0.167. The monoisotopic (exact) mass is 428 g/mol. The number of halogens is 4. The molecule has 0 fully saturated rings. The van der Waals surface area contributed by atoms with E-state index < -0.39 is 17.8 Å². The van der Waals surface area contributed by atoms with Gasteiger partial charge in [0.05, 0.1) is 0 Å². The van der Waals surface area contributed by atoms with E-state index in [9.17, 15) is 18.0 Å². The van der Waals surface area contributed by atoms with Gasteiger partial charge in [0.25, 0.3) is 5.91 Å². The number of hydrogen-bond donors (Lipinski definition) is 1. The third-order valence-electron chi connectivity index (χ3n) is 2.22. The number of benzene rings is 1. The number of nitrogens with zero attached hydrogens (tertiary/aromatic N) is 1. The van der Waals surface area contributed by atoms with E-state index in [1.165, 1.54) is 0 Å². The highest BCUT2D eigenvalue weighted by atomic mass is 127. The summed E-state index contributed by atoms with van der Waals surface area (Å²) in [6, 6.07) is 7.01. The molecule has 0 spiro atoms. The molecule has 1 amide bonds. The van der Waals surface area contributed by atoms with Gasteiger partial charge >= 0.3 is 6.18 Å². The van der Waals surface area contributed by atoms with Crippen molar-refractivity contribution < 1.29 is 22.7 Å². The lowest BCUT2D eigenvalue weighted by molar-refractivity contribution is -0.140. The summed E-state index contributed by atoms with van der Waals surface area (Å²) in [5.74, 6) is -0.0719. The van der Waals surface area contributed by atoms with E-state index in [1.54, 1.807) is 12.1 Å². The fourth-order valence-electron chi connectivity index (χ4n) is 1.30.